The number of carbonyl (C=O) groups is 2. The minimum absolute atomic E-state index is 0.105. The van der Waals surface area contributed by atoms with Gasteiger partial charge in [-0.25, -0.2) is 9.18 Å². The Morgan fingerprint density at radius 1 is 1.28 bits per heavy atom. The normalized spacial score (nSPS) is 24.0. The van der Waals surface area contributed by atoms with Crippen LogP contribution in [-0.4, -0.2) is 59.1 Å². The number of amides is 2. The molecule has 2 aliphatic heterocycles. The standard InChI is InChI=1S/C18H20FN3O3/c1-21-11-18(25-17(21)24)5-2-7-22(8-6-18)16(23)15-10-12-9-13(19)3-4-14(12)20-15/h3-4,9-10,20H,2,5-8,11H2,1H3/t18-/m0/s1. The minimum Gasteiger partial charge on any atom is -0.441 e. The Balaban J connectivity index is 1.51. The van der Waals surface area contributed by atoms with E-state index in [1.807, 2.05) is 0 Å². The molecule has 1 aromatic heterocycles. The molecule has 0 saturated carbocycles. The summed E-state index contributed by atoms with van der Waals surface area (Å²) in [6.07, 6.45) is 1.87. The van der Waals surface area contributed by atoms with Gasteiger partial charge in [-0.1, -0.05) is 0 Å². The minimum atomic E-state index is -0.482. The third-order valence-corrected chi connectivity index (χ3v) is 5.14. The number of hydrogen-bond acceptors (Lipinski definition) is 3. The van der Waals surface area contributed by atoms with Crippen LogP contribution in [-0.2, 0) is 4.74 Å². The molecular weight excluding hydrogens is 325 g/mol. The fraction of sp³-hybridized carbons (Fsp3) is 0.444. The molecule has 0 unspecified atom stereocenters. The average Bonchev–Trinajstić information content (AvgIpc) is 3.03. The molecule has 25 heavy (non-hydrogen) atoms. The molecule has 0 radical (unpaired) electrons. The topological polar surface area (TPSA) is 65.6 Å². The Labute approximate surface area is 144 Å². The summed E-state index contributed by atoms with van der Waals surface area (Å²) in [5, 5.41) is 0.681. The summed E-state index contributed by atoms with van der Waals surface area (Å²) in [5.74, 6) is -0.430. The van der Waals surface area contributed by atoms with Gasteiger partial charge in [0.05, 0.1) is 6.54 Å². The van der Waals surface area contributed by atoms with Crippen molar-refractivity contribution in [3.05, 3.63) is 35.8 Å². The van der Waals surface area contributed by atoms with E-state index in [0.717, 1.165) is 18.4 Å². The van der Waals surface area contributed by atoms with E-state index in [-0.39, 0.29) is 17.8 Å². The highest BCUT2D eigenvalue weighted by atomic mass is 19.1. The molecule has 1 atom stereocenters. The van der Waals surface area contributed by atoms with E-state index in [4.69, 9.17) is 4.74 Å². The van der Waals surface area contributed by atoms with Crippen LogP contribution in [0.3, 0.4) is 0 Å². The summed E-state index contributed by atoms with van der Waals surface area (Å²) in [5.41, 5.74) is 0.712. The Morgan fingerprint density at radius 3 is 2.88 bits per heavy atom. The largest absolute Gasteiger partial charge is 0.441 e. The molecule has 1 aromatic carbocycles. The second kappa shape index (κ2) is 5.75. The first kappa shape index (κ1) is 15.9. The lowest BCUT2D eigenvalue weighted by molar-refractivity contribution is 0.0438. The second-order valence-electron chi connectivity index (χ2n) is 6.97. The van der Waals surface area contributed by atoms with E-state index in [1.54, 1.807) is 29.0 Å². The smallest absolute Gasteiger partial charge is 0.410 e. The van der Waals surface area contributed by atoms with Gasteiger partial charge in [-0.2, -0.15) is 0 Å². The fourth-order valence-electron chi connectivity index (χ4n) is 3.81. The Bertz CT molecular complexity index is 849. The van der Waals surface area contributed by atoms with Gasteiger partial charge < -0.3 is 19.5 Å². The van der Waals surface area contributed by atoms with Crippen molar-refractivity contribution in [3.8, 4) is 0 Å². The van der Waals surface area contributed by atoms with Crippen LogP contribution in [0.4, 0.5) is 9.18 Å². The lowest BCUT2D eigenvalue weighted by Gasteiger charge is -2.25. The maximum atomic E-state index is 13.3. The maximum Gasteiger partial charge on any atom is 0.410 e. The molecule has 0 aliphatic carbocycles. The molecular formula is C18H20FN3O3. The Morgan fingerprint density at radius 2 is 2.12 bits per heavy atom. The van der Waals surface area contributed by atoms with Gasteiger partial charge in [-0.3, -0.25) is 4.79 Å². The number of aromatic nitrogens is 1. The van der Waals surface area contributed by atoms with Crippen molar-refractivity contribution < 1.29 is 18.7 Å². The molecule has 2 saturated heterocycles. The number of nitrogens with zero attached hydrogens (tertiary/aromatic N) is 2. The quantitative estimate of drug-likeness (QED) is 0.864. The van der Waals surface area contributed by atoms with Crippen LogP contribution in [0.15, 0.2) is 24.3 Å². The molecule has 7 heteroatoms. The van der Waals surface area contributed by atoms with Crippen molar-refractivity contribution in [1.29, 1.82) is 0 Å². The highest BCUT2D eigenvalue weighted by Gasteiger charge is 2.44. The third-order valence-electron chi connectivity index (χ3n) is 5.14. The van der Waals surface area contributed by atoms with E-state index in [1.165, 1.54) is 12.1 Å². The number of H-pyrrole nitrogens is 1. The first-order valence-electron chi connectivity index (χ1n) is 8.47. The van der Waals surface area contributed by atoms with E-state index in [2.05, 4.69) is 4.98 Å². The predicted molar refractivity (Wildman–Crippen MR) is 89.9 cm³/mol. The summed E-state index contributed by atoms with van der Waals surface area (Å²) in [6.45, 7) is 1.72. The summed E-state index contributed by atoms with van der Waals surface area (Å²) >= 11 is 0. The lowest BCUT2D eigenvalue weighted by atomic mass is 9.95. The molecule has 1 N–H and O–H groups in total. The summed E-state index contributed by atoms with van der Waals surface area (Å²) in [7, 11) is 1.73. The molecule has 3 heterocycles. The molecule has 4 rings (SSSR count). The van der Waals surface area contributed by atoms with Crippen molar-refractivity contribution in [3.63, 3.8) is 0 Å². The highest BCUT2D eigenvalue weighted by molar-refractivity contribution is 5.98. The number of hydrogen-bond donors (Lipinski definition) is 1. The van der Waals surface area contributed by atoms with E-state index in [0.29, 0.717) is 37.1 Å². The number of halogens is 1. The number of carbonyl (C=O) groups excluding carboxylic acids is 2. The van der Waals surface area contributed by atoms with Crippen molar-refractivity contribution >= 4 is 22.9 Å². The fourth-order valence-corrected chi connectivity index (χ4v) is 3.81. The molecule has 1 spiro atoms. The van der Waals surface area contributed by atoms with Crippen molar-refractivity contribution in [2.75, 3.05) is 26.7 Å². The molecule has 2 aromatic rings. The van der Waals surface area contributed by atoms with Gasteiger partial charge in [0.15, 0.2) is 0 Å². The van der Waals surface area contributed by atoms with Crippen LogP contribution >= 0.6 is 0 Å². The van der Waals surface area contributed by atoms with Crippen molar-refractivity contribution in [2.24, 2.45) is 0 Å². The first-order chi connectivity index (χ1) is 12.0. The predicted octanol–water partition coefficient (Wildman–Crippen LogP) is 2.75. The molecule has 132 valence electrons. The van der Waals surface area contributed by atoms with Crippen LogP contribution in [0.5, 0.6) is 0 Å². The number of nitrogens with one attached hydrogen (secondary N) is 1. The van der Waals surface area contributed by atoms with Crippen LogP contribution in [0, 0.1) is 5.82 Å². The van der Waals surface area contributed by atoms with Gasteiger partial charge in [-0.05, 0) is 37.1 Å². The zero-order valence-electron chi connectivity index (χ0n) is 14.0. The molecule has 2 aliphatic rings. The number of benzene rings is 1. The SMILES string of the molecule is CN1C[C@@]2(CCCN(C(=O)c3cc4cc(F)ccc4[nH]3)CC2)OC1=O. The number of ether oxygens (including phenoxy) is 1. The Hall–Kier alpha value is -2.57. The van der Waals surface area contributed by atoms with Gasteiger partial charge in [0.2, 0.25) is 0 Å². The monoisotopic (exact) mass is 345 g/mol. The average molecular weight is 345 g/mol. The zero-order chi connectivity index (χ0) is 17.6. The summed E-state index contributed by atoms with van der Waals surface area (Å²) in [6, 6.07) is 6.10. The second-order valence-corrected chi connectivity index (χ2v) is 6.97. The highest BCUT2D eigenvalue weighted by Crippen LogP contribution is 2.33. The number of likely N-dealkylation sites (N-methyl/N-ethyl adjacent to an activating group) is 1. The number of likely N-dealkylation sites (tertiary alicyclic amines) is 1. The number of rotatable bonds is 1. The number of aromatic amines is 1. The van der Waals surface area contributed by atoms with Gasteiger partial charge in [0, 0.05) is 37.5 Å². The van der Waals surface area contributed by atoms with Gasteiger partial charge in [-0.15, -0.1) is 0 Å². The van der Waals surface area contributed by atoms with Crippen LogP contribution in [0.2, 0.25) is 0 Å². The van der Waals surface area contributed by atoms with Crippen LogP contribution in [0.1, 0.15) is 29.8 Å². The third kappa shape index (κ3) is 2.83. The maximum absolute atomic E-state index is 13.3. The van der Waals surface area contributed by atoms with E-state index >= 15 is 0 Å². The van der Waals surface area contributed by atoms with Gasteiger partial charge in [0.1, 0.15) is 17.1 Å². The molecule has 2 fully saturated rings. The zero-order valence-corrected chi connectivity index (χ0v) is 14.0. The lowest BCUT2D eigenvalue weighted by Crippen LogP contribution is -2.36. The van der Waals surface area contributed by atoms with Gasteiger partial charge in [0.25, 0.3) is 5.91 Å². The summed E-state index contributed by atoms with van der Waals surface area (Å²) in [4.78, 5) is 31.0. The number of fused-ring (bicyclic) bond motifs is 1. The molecule has 6 nitrogen and oxygen atoms in total. The van der Waals surface area contributed by atoms with Crippen molar-refractivity contribution in [1.82, 2.24) is 14.8 Å². The first-order valence-corrected chi connectivity index (χ1v) is 8.47. The summed E-state index contributed by atoms with van der Waals surface area (Å²) < 4.78 is 18.9. The van der Waals surface area contributed by atoms with Crippen LogP contribution in [0.25, 0.3) is 10.9 Å². The van der Waals surface area contributed by atoms with E-state index in [9.17, 15) is 14.0 Å². The van der Waals surface area contributed by atoms with Crippen molar-refractivity contribution in [2.45, 2.75) is 24.9 Å². The van der Waals surface area contributed by atoms with E-state index < -0.39 is 5.60 Å². The molecule has 0 bridgehead atoms. The Kier molecular flexibility index (Phi) is 3.67. The van der Waals surface area contributed by atoms with Crippen LogP contribution < -0.4 is 0 Å². The van der Waals surface area contributed by atoms with Gasteiger partial charge >= 0.3 is 6.09 Å². The molecule has 2 amide bonds.